The summed E-state index contributed by atoms with van der Waals surface area (Å²) in [5.74, 6) is 1.89. The zero-order valence-electron chi connectivity index (χ0n) is 12.4. The van der Waals surface area contributed by atoms with Crippen LogP contribution in [-0.2, 0) is 0 Å². The van der Waals surface area contributed by atoms with Crippen molar-refractivity contribution in [2.24, 2.45) is 0 Å². The predicted molar refractivity (Wildman–Crippen MR) is 82.7 cm³/mol. The Balaban J connectivity index is 2.29. The van der Waals surface area contributed by atoms with E-state index in [0.717, 1.165) is 17.9 Å². The van der Waals surface area contributed by atoms with E-state index in [1.165, 1.54) is 11.1 Å². The van der Waals surface area contributed by atoms with Gasteiger partial charge in [0.05, 0.1) is 20.3 Å². The Morgan fingerprint density at radius 1 is 0.857 bits per heavy atom. The van der Waals surface area contributed by atoms with Crippen LogP contribution in [0.5, 0.6) is 11.5 Å². The van der Waals surface area contributed by atoms with Crippen LogP contribution in [0.2, 0.25) is 0 Å². The average molecular weight is 281 g/mol. The highest BCUT2D eigenvalue weighted by Crippen LogP contribution is 2.31. The molecule has 0 aliphatic heterocycles. The number of rotatable bonds is 6. The molecule has 0 atom stereocenters. The smallest absolute Gasteiger partial charge is 0.118 e. The van der Waals surface area contributed by atoms with Gasteiger partial charge in [-0.2, -0.15) is 5.26 Å². The van der Waals surface area contributed by atoms with Gasteiger partial charge in [-0.25, -0.2) is 0 Å². The quantitative estimate of drug-likeness (QED) is 0.799. The fourth-order valence-electron chi connectivity index (χ4n) is 2.41. The lowest BCUT2D eigenvalue weighted by atomic mass is 9.87. The molecule has 0 bridgehead atoms. The molecule has 0 N–H and O–H groups in total. The van der Waals surface area contributed by atoms with E-state index in [-0.39, 0.29) is 5.92 Å². The molecule has 21 heavy (non-hydrogen) atoms. The number of hydrogen-bond acceptors (Lipinski definition) is 3. The summed E-state index contributed by atoms with van der Waals surface area (Å²) in [4.78, 5) is 0. The lowest BCUT2D eigenvalue weighted by Crippen LogP contribution is -2.01. The van der Waals surface area contributed by atoms with Gasteiger partial charge in [-0.15, -0.1) is 0 Å². The van der Waals surface area contributed by atoms with Gasteiger partial charge in [-0.05, 0) is 41.8 Å². The molecular formula is C18H19NO2. The molecule has 0 saturated carbocycles. The Hall–Kier alpha value is -2.47. The van der Waals surface area contributed by atoms with Crippen molar-refractivity contribution in [2.45, 2.75) is 18.8 Å². The second-order valence-corrected chi connectivity index (χ2v) is 4.80. The molecule has 2 rings (SSSR count). The SMILES string of the molecule is COc1ccc(C(CCC#N)c2ccc(OC)cc2)cc1. The highest BCUT2D eigenvalue weighted by atomic mass is 16.5. The molecule has 3 nitrogen and oxygen atoms in total. The Morgan fingerprint density at radius 2 is 1.29 bits per heavy atom. The van der Waals surface area contributed by atoms with Crippen molar-refractivity contribution >= 4 is 0 Å². The summed E-state index contributed by atoms with van der Waals surface area (Å²) in [5, 5.41) is 8.88. The number of ether oxygens (including phenoxy) is 2. The molecule has 0 aliphatic rings. The van der Waals surface area contributed by atoms with E-state index in [1.807, 2.05) is 24.3 Å². The summed E-state index contributed by atoms with van der Waals surface area (Å²) in [6.45, 7) is 0. The molecule has 0 fully saturated rings. The lowest BCUT2D eigenvalue weighted by molar-refractivity contribution is 0.414. The van der Waals surface area contributed by atoms with Crippen LogP contribution in [0.1, 0.15) is 29.9 Å². The molecule has 3 heteroatoms. The first kappa shape index (κ1) is 14.9. The van der Waals surface area contributed by atoms with Crippen molar-refractivity contribution in [1.82, 2.24) is 0 Å². The summed E-state index contributed by atoms with van der Waals surface area (Å²) >= 11 is 0. The first-order chi connectivity index (χ1) is 10.3. The maximum absolute atomic E-state index is 8.88. The zero-order chi connectivity index (χ0) is 15.1. The van der Waals surface area contributed by atoms with Gasteiger partial charge < -0.3 is 9.47 Å². The minimum Gasteiger partial charge on any atom is -0.497 e. The molecule has 0 heterocycles. The van der Waals surface area contributed by atoms with Crippen molar-refractivity contribution in [2.75, 3.05) is 14.2 Å². The van der Waals surface area contributed by atoms with E-state index in [9.17, 15) is 0 Å². The van der Waals surface area contributed by atoms with E-state index < -0.39 is 0 Å². The van der Waals surface area contributed by atoms with Gasteiger partial charge in [-0.3, -0.25) is 0 Å². The Morgan fingerprint density at radius 3 is 1.62 bits per heavy atom. The first-order valence-corrected chi connectivity index (χ1v) is 6.93. The molecule has 0 aromatic heterocycles. The van der Waals surface area contributed by atoms with Crippen LogP contribution in [0.4, 0.5) is 0 Å². The van der Waals surface area contributed by atoms with Crippen molar-refractivity contribution in [3.63, 3.8) is 0 Å². The van der Waals surface area contributed by atoms with Crippen LogP contribution >= 0.6 is 0 Å². The maximum atomic E-state index is 8.88. The highest BCUT2D eigenvalue weighted by molar-refractivity contribution is 5.38. The van der Waals surface area contributed by atoms with E-state index in [4.69, 9.17) is 14.7 Å². The van der Waals surface area contributed by atoms with Crippen LogP contribution in [0.15, 0.2) is 48.5 Å². The van der Waals surface area contributed by atoms with Gasteiger partial charge in [0.15, 0.2) is 0 Å². The monoisotopic (exact) mass is 281 g/mol. The lowest BCUT2D eigenvalue weighted by Gasteiger charge is -2.17. The van der Waals surface area contributed by atoms with Gasteiger partial charge >= 0.3 is 0 Å². The standard InChI is InChI=1S/C18H19NO2/c1-20-16-9-5-14(6-10-16)18(4-3-13-19)15-7-11-17(21-2)12-8-15/h5-12,18H,3-4H2,1-2H3. The second-order valence-electron chi connectivity index (χ2n) is 4.80. The number of hydrogen-bond donors (Lipinski definition) is 0. The normalized spacial score (nSPS) is 10.2. The number of methoxy groups -OCH3 is 2. The molecule has 0 radical (unpaired) electrons. The number of nitrogens with zero attached hydrogens (tertiary/aromatic N) is 1. The van der Waals surface area contributed by atoms with Crippen LogP contribution in [-0.4, -0.2) is 14.2 Å². The third-order valence-corrected chi connectivity index (χ3v) is 3.58. The Kier molecular flexibility index (Phi) is 5.22. The van der Waals surface area contributed by atoms with Crippen molar-refractivity contribution in [1.29, 1.82) is 5.26 Å². The van der Waals surface area contributed by atoms with Crippen LogP contribution in [0.25, 0.3) is 0 Å². The van der Waals surface area contributed by atoms with E-state index in [0.29, 0.717) is 6.42 Å². The molecule has 0 spiro atoms. The van der Waals surface area contributed by atoms with Crippen LogP contribution in [0, 0.1) is 11.3 Å². The van der Waals surface area contributed by atoms with Crippen LogP contribution in [0.3, 0.4) is 0 Å². The minimum absolute atomic E-state index is 0.210. The molecule has 0 amide bonds. The van der Waals surface area contributed by atoms with Gasteiger partial charge in [0.1, 0.15) is 11.5 Å². The topological polar surface area (TPSA) is 42.2 Å². The van der Waals surface area contributed by atoms with Gasteiger partial charge in [0.25, 0.3) is 0 Å². The van der Waals surface area contributed by atoms with Crippen LogP contribution < -0.4 is 9.47 Å². The van der Waals surface area contributed by atoms with Crippen molar-refractivity contribution in [3.05, 3.63) is 59.7 Å². The molecule has 0 saturated heterocycles. The summed E-state index contributed by atoms with van der Waals surface area (Å²) < 4.78 is 10.4. The minimum atomic E-state index is 0.210. The highest BCUT2D eigenvalue weighted by Gasteiger charge is 2.14. The summed E-state index contributed by atoms with van der Waals surface area (Å²) in [5.41, 5.74) is 2.38. The van der Waals surface area contributed by atoms with Gasteiger partial charge in [0.2, 0.25) is 0 Å². The molecule has 0 aliphatic carbocycles. The maximum Gasteiger partial charge on any atom is 0.118 e. The first-order valence-electron chi connectivity index (χ1n) is 6.93. The van der Waals surface area contributed by atoms with E-state index in [2.05, 4.69) is 30.3 Å². The average Bonchev–Trinajstić information content (AvgIpc) is 2.56. The molecule has 2 aromatic rings. The largest absolute Gasteiger partial charge is 0.497 e. The third-order valence-electron chi connectivity index (χ3n) is 3.58. The van der Waals surface area contributed by atoms with Gasteiger partial charge in [-0.1, -0.05) is 24.3 Å². The van der Waals surface area contributed by atoms with Crippen molar-refractivity contribution < 1.29 is 9.47 Å². The van der Waals surface area contributed by atoms with E-state index >= 15 is 0 Å². The zero-order valence-corrected chi connectivity index (χ0v) is 12.4. The van der Waals surface area contributed by atoms with E-state index in [1.54, 1.807) is 14.2 Å². The molecule has 108 valence electrons. The molecule has 0 unspecified atom stereocenters. The van der Waals surface area contributed by atoms with Crippen molar-refractivity contribution in [3.8, 4) is 17.6 Å². The Bertz CT molecular complexity index is 549. The predicted octanol–water partition coefficient (Wildman–Crippen LogP) is 4.14. The molecule has 2 aromatic carbocycles. The summed E-state index contributed by atoms with van der Waals surface area (Å²) in [6.07, 6.45) is 1.33. The number of benzene rings is 2. The summed E-state index contributed by atoms with van der Waals surface area (Å²) in [6, 6.07) is 18.3. The number of nitriles is 1. The Labute approximate surface area is 125 Å². The fourth-order valence-corrected chi connectivity index (χ4v) is 2.41. The third kappa shape index (κ3) is 3.76. The molecular weight excluding hydrogens is 262 g/mol. The second kappa shape index (κ2) is 7.35. The van der Waals surface area contributed by atoms with Gasteiger partial charge in [0, 0.05) is 12.3 Å². The summed E-state index contributed by atoms with van der Waals surface area (Å²) in [7, 11) is 3.32. The fraction of sp³-hybridized carbons (Fsp3) is 0.278.